The number of carbonyl (C=O) groups excluding carboxylic acids is 3. The second-order valence-electron chi connectivity index (χ2n) is 9.18. The van der Waals surface area contributed by atoms with Crippen molar-refractivity contribution in [2.75, 3.05) is 23.7 Å². The smallest absolute Gasteiger partial charge is 0.319 e. The number of nitrogens with zero attached hydrogens (tertiary/aromatic N) is 1. The molecule has 0 radical (unpaired) electrons. The molecule has 0 aliphatic carbocycles. The normalized spacial score (nSPS) is 13.6. The van der Waals surface area contributed by atoms with Crippen molar-refractivity contribution in [1.82, 2.24) is 10.2 Å². The van der Waals surface area contributed by atoms with E-state index < -0.39 is 12.0 Å². The van der Waals surface area contributed by atoms with Crippen molar-refractivity contribution in [3.05, 3.63) is 95.6 Å². The van der Waals surface area contributed by atoms with Crippen molar-refractivity contribution in [2.24, 2.45) is 0 Å². The summed E-state index contributed by atoms with van der Waals surface area (Å²) in [5.41, 5.74) is 2.97. The fourth-order valence-electron chi connectivity index (χ4n) is 4.50. The number of hydrogen-bond acceptors (Lipinski definition) is 4. The minimum Gasteiger partial charge on any atom is -0.481 e. The van der Waals surface area contributed by atoms with Gasteiger partial charge >= 0.3 is 12.0 Å². The van der Waals surface area contributed by atoms with Gasteiger partial charge in [0.25, 0.3) is 5.91 Å². The number of benzene rings is 3. The lowest BCUT2D eigenvalue weighted by molar-refractivity contribution is -0.137. The summed E-state index contributed by atoms with van der Waals surface area (Å²) in [6.45, 7) is 0.541. The van der Waals surface area contributed by atoms with Crippen LogP contribution in [0.3, 0.4) is 0 Å². The molecule has 0 unspecified atom stereocenters. The zero-order chi connectivity index (χ0) is 26.9. The lowest BCUT2D eigenvalue weighted by atomic mass is 9.91. The molecule has 0 saturated heterocycles. The first-order valence-electron chi connectivity index (χ1n) is 12.5. The Balaban J connectivity index is 1.40. The van der Waals surface area contributed by atoms with Gasteiger partial charge in [0.05, 0.1) is 17.7 Å². The van der Waals surface area contributed by atoms with E-state index in [1.807, 2.05) is 60.7 Å². The second kappa shape index (κ2) is 12.5. The fraction of sp³-hybridized carbons (Fsp3) is 0.241. The highest BCUT2D eigenvalue weighted by molar-refractivity contribution is 6.09. The van der Waals surface area contributed by atoms with E-state index in [0.29, 0.717) is 37.3 Å². The molecule has 3 aromatic carbocycles. The summed E-state index contributed by atoms with van der Waals surface area (Å²) in [7, 11) is 0. The number of nitrogens with one attached hydrogen (secondary N) is 3. The number of fused-ring (bicyclic) bond motifs is 1. The van der Waals surface area contributed by atoms with E-state index in [0.717, 1.165) is 11.1 Å². The Bertz CT molecular complexity index is 1300. The van der Waals surface area contributed by atoms with Crippen LogP contribution in [-0.2, 0) is 16.1 Å². The number of carboxylic acid groups (broad SMARTS) is 1. The van der Waals surface area contributed by atoms with Crippen molar-refractivity contribution in [3.63, 3.8) is 0 Å². The Hall–Kier alpha value is -4.66. The number of rotatable bonds is 10. The molecule has 4 rings (SSSR count). The van der Waals surface area contributed by atoms with Crippen molar-refractivity contribution in [1.29, 1.82) is 0 Å². The molecule has 1 atom stereocenters. The summed E-state index contributed by atoms with van der Waals surface area (Å²) in [6.07, 6.45) is 1.07. The highest BCUT2D eigenvalue weighted by atomic mass is 16.4. The van der Waals surface area contributed by atoms with Crippen LogP contribution in [0.15, 0.2) is 78.9 Å². The zero-order valence-corrected chi connectivity index (χ0v) is 20.9. The quantitative estimate of drug-likeness (QED) is 0.318. The summed E-state index contributed by atoms with van der Waals surface area (Å²) in [6, 6.07) is 23.3. The maximum absolute atomic E-state index is 13.4. The second-order valence-corrected chi connectivity index (χ2v) is 9.18. The lowest BCUT2D eigenvalue weighted by Crippen LogP contribution is -2.36. The molecular weight excluding hydrogens is 484 g/mol. The monoisotopic (exact) mass is 514 g/mol. The molecule has 0 spiro atoms. The van der Waals surface area contributed by atoms with Crippen LogP contribution < -0.4 is 16.0 Å². The summed E-state index contributed by atoms with van der Waals surface area (Å²) in [5, 5.41) is 17.6. The van der Waals surface area contributed by atoms with Crippen LogP contribution in [0, 0.1) is 0 Å². The molecule has 4 N–H and O–H groups in total. The van der Waals surface area contributed by atoms with Gasteiger partial charge < -0.3 is 26.0 Å². The van der Waals surface area contributed by atoms with Crippen LogP contribution in [0.25, 0.3) is 0 Å². The van der Waals surface area contributed by atoms with Crippen LogP contribution in [0.4, 0.5) is 16.2 Å². The first-order chi connectivity index (χ1) is 18.4. The largest absolute Gasteiger partial charge is 0.481 e. The van der Waals surface area contributed by atoms with Gasteiger partial charge in [-0.2, -0.15) is 0 Å². The van der Waals surface area contributed by atoms with Gasteiger partial charge in [0.15, 0.2) is 0 Å². The molecule has 0 saturated carbocycles. The van der Waals surface area contributed by atoms with Crippen LogP contribution in [0.2, 0.25) is 0 Å². The predicted octanol–water partition coefficient (Wildman–Crippen LogP) is 4.44. The van der Waals surface area contributed by atoms with Crippen LogP contribution >= 0.6 is 0 Å². The average Bonchev–Trinajstić information content (AvgIpc) is 3.03. The molecule has 4 amide bonds. The molecule has 196 valence electrons. The van der Waals surface area contributed by atoms with Gasteiger partial charge in [0.1, 0.15) is 6.54 Å². The number of hydrogen-bond donors (Lipinski definition) is 4. The number of carboxylic acids is 1. The number of anilines is 2. The van der Waals surface area contributed by atoms with Crippen molar-refractivity contribution in [3.8, 4) is 0 Å². The van der Waals surface area contributed by atoms with Gasteiger partial charge in [-0.15, -0.1) is 0 Å². The molecule has 1 aliphatic heterocycles. The number of carbonyl (C=O) groups is 4. The Kier molecular flexibility index (Phi) is 8.71. The van der Waals surface area contributed by atoms with E-state index in [1.54, 1.807) is 18.2 Å². The van der Waals surface area contributed by atoms with Gasteiger partial charge in [-0.05, 0) is 48.1 Å². The molecule has 38 heavy (non-hydrogen) atoms. The van der Waals surface area contributed by atoms with Gasteiger partial charge in [-0.1, -0.05) is 60.7 Å². The van der Waals surface area contributed by atoms with Gasteiger partial charge in [-0.25, -0.2) is 4.79 Å². The minimum atomic E-state index is -0.883. The zero-order valence-electron chi connectivity index (χ0n) is 20.9. The molecule has 0 bridgehead atoms. The summed E-state index contributed by atoms with van der Waals surface area (Å²) in [5.74, 6) is -1.72. The molecule has 0 aromatic heterocycles. The summed E-state index contributed by atoms with van der Waals surface area (Å²) in [4.78, 5) is 51.1. The van der Waals surface area contributed by atoms with Gasteiger partial charge in [-0.3, -0.25) is 14.4 Å². The number of aliphatic carboxylic acids is 1. The standard InChI is InChI=1S/C29H30N4O5/c34-26-19-33(15-7-12-22(16-27(35)36)21-10-5-2-6-11-21)28(37)24-17-23(13-14-25(24)32-26)31-29(38)30-18-20-8-3-1-4-9-20/h1-6,8-11,13-14,17,22H,7,12,15-16,18-19H2,(H,32,34)(H,35,36)(H2,30,31,38)/t22-/m0/s1. The van der Waals surface area contributed by atoms with Gasteiger partial charge in [0.2, 0.25) is 5.91 Å². The SMILES string of the molecule is O=C(O)C[C@H](CCCN1CC(=O)Nc2ccc(NC(=O)NCc3ccccc3)cc2C1=O)c1ccccc1. The number of amides is 4. The summed E-state index contributed by atoms with van der Waals surface area (Å²) >= 11 is 0. The molecular formula is C29H30N4O5. The van der Waals surface area contributed by atoms with Crippen LogP contribution in [0.5, 0.6) is 0 Å². The van der Waals surface area contributed by atoms with E-state index in [-0.39, 0.29) is 36.3 Å². The van der Waals surface area contributed by atoms with Crippen LogP contribution in [-0.4, -0.2) is 46.9 Å². The Morgan fingerprint density at radius 2 is 1.68 bits per heavy atom. The first-order valence-corrected chi connectivity index (χ1v) is 12.5. The van der Waals surface area contributed by atoms with Crippen LogP contribution in [0.1, 0.15) is 46.7 Å². The third-order valence-corrected chi connectivity index (χ3v) is 6.37. The number of urea groups is 1. The van der Waals surface area contributed by atoms with E-state index in [1.165, 1.54) is 4.90 Å². The highest BCUT2D eigenvalue weighted by Gasteiger charge is 2.27. The fourth-order valence-corrected chi connectivity index (χ4v) is 4.50. The Morgan fingerprint density at radius 1 is 0.974 bits per heavy atom. The van der Waals surface area contributed by atoms with Gasteiger partial charge in [0, 0.05) is 18.8 Å². The van der Waals surface area contributed by atoms with E-state index >= 15 is 0 Å². The molecule has 3 aromatic rings. The Labute approximate surface area is 220 Å². The van der Waals surface area contributed by atoms with E-state index in [4.69, 9.17) is 0 Å². The van der Waals surface area contributed by atoms with E-state index in [9.17, 15) is 24.3 Å². The average molecular weight is 515 g/mol. The maximum atomic E-state index is 13.4. The molecule has 9 nitrogen and oxygen atoms in total. The Morgan fingerprint density at radius 3 is 2.39 bits per heavy atom. The van der Waals surface area contributed by atoms with Crippen molar-refractivity contribution in [2.45, 2.75) is 31.7 Å². The maximum Gasteiger partial charge on any atom is 0.319 e. The molecule has 9 heteroatoms. The molecule has 1 heterocycles. The third kappa shape index (κ3) is 7.19. The topological polar surface area (TPSA) is 128 Å². The molecule has 1 aliphatic rings. The van der Waals surface area contributed by atoms with E-state index in [2.05, 4.69) is 16.0 Å². The van der Waals surface area contributed by atoms with Crippen molar-refractivity contribution >= 4 is 35.2 Å². The highest BCUT2D eigenvalue weighted by Crippen LogP contribution is 2.27. The minimum absolute atomic E-state index is 0.0113. The third-order valence-electron chi connectivity index (χ3n) is 6.37. The molecule has 0 fully saturated rings. The van der Waals surface area contributed by atoms with Crippen molar-refractivity contribution < 1.29 is 24.3 Å². The first kappa shape index (κ1) is 26.4. The lowest BCUT2D eigenvalue weighted by Gasteiger charge is -2.22. The predicted molar refractivity (Wildman–Crippen MR) is 144 cm³/mol. The summed E-state index contributed by atoms with van der Waals surface area (Å²) < 4.78 is 0.